The van der Waals surface area contributed by atoms with E-state index in [0.717, 1.165) is 19.9 Å². The zero-order valence-electron chi connectivity index (χ0n) is 9.36. The molecule has 0 aliphatic rings. The van der Waals surface area contributed by atoms with Crippen LogP contribution in [0, 0.1) is 6.92 Å². The first-order chi connectivity index (χ1) is 8.11. The zero-order valence-corrected chi connectivity index (χ0v) is 11.8. The van der Waals surface area contributed by atoms with Crippen LogP contribution in [0.5, 0.6) is 0 Å². The average Bonchev–Trinajstić information content (AvgIpc) is 2.70. The number of hydrogen-bond acceptors (Lipinski definition) is 4. The Hall–Kier alpha value is -1.20. The van der Waals surface area contributed by atoms with E-state index in [9.17, 15) is 4.79 Å². The first kappa shape index (κ1) is 12.3. The molecular weight excluding hydrogens is 302 g/mol. The molecule has 1 aromatic carbocycles. The lowest BCUT2D eigenvalue weighted by Crippen LogP contribution is -2.03. The molecule has 5 heteroatoms. The van der Waals surface area contributed by atoms with Gasteiger partial charge in [0.25, 0.3) is 0 Å². The Labute approximate surface area is 112 Å². The molecule has 0 bridgehead atoms. The second-order valence-corrected chi connectivity index (χ2v) is 5.53. The van der Waals surface area contributed by atoms with Crippen molar-refractivity contribution in [3.05, 3.63) is 39.4 Å². The topological polar surface area (TPSA) is 39.2 Å². The fraction of sp³-hybridized carbons (Fsp3) is 0.167. The molecule has 0 fully saturated rings. The highest BCUT2D eigenvalue weighted by Crippen LogP contribution is 2.32. The van der Waals surface area contributed by atoms with Gasteiger partial charge in [-0.15, -0.1) is 11.3 Å². The SMILES string of the molecule is COC(=O)c1nc(C)sc1-c1cccc(Br)c1. The zero-order chi connectivity index (χ0) is 12.4. The van der Waals surface area contributed by atoms with Crippen molar-refractivity contribution in [1.29, 1.82) is 0 Å². The summed E-state index contributed by atoms with van der Waals surface area (Å²) in [6.45, 7) is 1.87. The predicted octanol–water partition coefficient (Wildman–Crippen LogP) is 3.67. The number of thiazole rings is 1. The molecule has 0 amide bonds. The first-order valence-electron chi connectivity index (χ1n) is 4.93. The summed E-state index contributed by atoms with van der Waals surface area (Å²) in [4.78, 5) is 16.7. The van der Waals surface area contributed by atoms with Crippen molar-refractivity contribution in [3.63, 3.8) is 0 Å². The molecule has 1 aromatic heterocycles. The van der Waals surface area contributed by atoms with E-state index in [0.29, 0.717) is 5.69 Å². The van der Waals surface area contributed by atoms with Crippen LogP contribution in [0.1, 0.15) is 15.5 Å². The molecule has 0 aliphatic heterocycles. The van der Waals surface area contributed by atoms with Crippen molar-refractivity contribution in [2.45, 2.75) is 6.92 Å². The number of esters is 1. The van der Waals surface area contributed by atoms with E-state index < -0.39 is 5.97 Å². The molecule has 17 heavy (non-hydrogen) atoms. The predicted molar refractivity (Wildman–Crippen MR) is 71.3 cm³/mol. The third-order valence-corrected chi connectivity index (χ3v) is 3.71. The lowest BCUT2D eigenvalue weighted by Gasteiger charge is -2.01. The number of carbonyl (C=O) groups excluding carboxylic acids is 1. The highest BCUT2D eigenvalue weighted by molar-refractivity contribution is 9.10. The van der Waals surface area contributed by atoms with E-state index in [-0.39, 0.29) is 0 Å². The molecule has 0 spiro atoms. The van der Waals surface area contributed by atoms with Gasteiger partial charge in [-0.3, -0.25) is 0 Å². The number of hydrogen-bond donors (Lipinski definition) is 0. The fourth-order valence-electron chi connectivity index (χ4n) is 1.49. The van der Waals surface area contributed by atoms with Crippen molar-refractivity contribution in [2.75, 3.05) is 7.11 Å². The van der Waals surface area contributed by atoms with E-state index in [1.807, 2.05) is 31.2 Å². The van der Waals surface area contributed by atoms with Gasteiger partial charge in [-0.05, 0) is 24.6 Å². The van der Waals surface area contributed by atoms with Crippen LogP contribution in [0.15, 0.2) is 28.7 Å². The fourth-order valence-corrected chi connectivity index (χ4v) is 2.79. The number of carbonyl (C=O) groups is 1. The average molecular weight is 312 g/mol. The first-order valence-corrected chi connectivity index (χ1v) is 6.54. The minimum Gasteiger partial charge on any atom is -0.464 e. The number of benzene rings is 1. The summed E-state index contributed by atoms with van der Waals surface area (Å²) in [5.74, 6) is -0.399. The van der Waals surface area contributed by atoms with Crippen molar-refractivity contribution >= 4 is 33.2 Å². The van der Waals surface area contributed by atoms with Gasteiger partial charge in [-0.25, -0.2) is 9.78 Å². The summed E-state index contributed by atoms with van der Waals surface area (Å²) in [7, 11) is 1.36. The molecule has 0 N–H and O–H groups in total. The van der Waals surface area contributed by atoms with Crippen molar-refractivity contribution < 1.29 is 9.53 Å². The molecule has 0 atom stereocenters. The highest BCUT2D eigenvalue weighted by Gasteiger charge is 2.18. The van der Waals surface area contributed by atoms with Gasteiger partial charge < -0.3 is 4.74 Å². The minimum atomic E-state index is -0.399. The molecule has 0 radical (unpaired) electrons. The quantitative estimate of drug-likeness (QED) is 0.794. The van der Waals surface area contributed by atoms with E-state index in [1.165, 1.54) is 18.4 Å². The maximum Gasteiger partial charge on any atom is 0.358 e. The molecular formula is C12H10BrNO2S. The minimum absolute atomic E-state index is 0.383. The van der Waals surface area contributed by atoms with Gasteiger partial charge in [-0.1, -0.05) is 28.1 Å². The van der Waals surface area contributed by atoms with Crippen LogP contribution < -0.4 is 0 Å². The molecule has 0 saturated carbocycles. The van der Waals surface area contributed by atoms with Crippen LogP contribution in [0.4, 0.5) is 0 Å². The standard InChI is InChI=1S/C12H10BrNO2S/c1-7-14-10(12(15)16-2)11(17-7)8-4-3-5-9(13)6-8/h3-6H,1-2H3. The molecule has 0 unspecified atom stereocenters. The Kier molecular flexibility index (Phi) is 3.59. The Bertz CT molecular complexity index is 565. The molecule has 2 rings (SSSR count). The summed E-state index contributed by atoms with van der Waals surface area (Å²) in [6, 6.07) is 7.77. The number of nitrogens with zero attached hydrogens (tertiary/aromatic N) is 1. The van der Waals surface area contributed by atoms with E-state index in [1.54, 1.807) is 0 Å². The summed E-state index contributed by atoms with van der Waals surface area (Å²) >= 11 is 4.90. The molecule has 3 nitrogen and oxygen atoms in total. The van der Waals surface area contributed by atoms with Gasteiger partial charge in [0, 0.05) is 4.47 Å². The molecule has 1 heterocycles. The van der Waals surface area contributed by atoms with Gasteiger partial charge in [0.1, 0.15) is 0 Å². The van der Waals surface area contributed by atoms with Crippen LogP contribution in [0.3, 0.4) is 0 Å². The van der Waals surface area contributed by atoms with Gasteiger partial charge >= 0.3 is 5.97 Å². The second kappa shape index (κ2) is 4.98. The molecule has 0 aliphatic carbocycles. The molecule has 0 saturated heterocycles. The summed E-state index contributed by atoms with van der Waals surface area (Å²) in [5.41, 5.74) is 1.35. The lowest BCUT2D eigenvalue weighted by molar-refractivity contribution is 0.0595. The van der Waals surface area contributed by atoms with Crippen molar-refractivity contribution in [2.24, 2.45) is 0 Å². The highest BCUT2D eigenvalue weighted by atomic mass is 79.9. The number of aryl methyl sites for hydroxylation is 1. The van der Waals surface area contributed by atoms with Crippen molar-refractivity contribution in [1.82, 2.24) is 4.98 Å². The number of aromatic nitrogens is 1. The van der Waals surface area contributed by atoms with Crippen LogP contribution in [-0.4, -0.2) is 18.1 Å². The maximum atomic E-state index is 11.6. The van der Waals surface area contributed by atoms with Gasteiger partial charge in [0.15, 0.2) is 5.69 Å². The Morgan fingerprint density at radius 2 is 2.24 bits per heavy atom. The van der Waals surface area contributed by atoms with E-state index in [4.69, 9.17) is 4.74 Å². The van der Waals surface area contributed by atoms with E-state index >= 15 is 0 Å². The van der Waals surface area contributed by atoms with Crippen LogP contribution >= 0.6 is 27.3 Å². The monoisotopic (exact) mass is 311 g/mol. The lowest BCUT2D eigenvalue weighted by atomic mass is 10.1. The Morgan fingerprint density at radius 3 is 2.88 bits per heavy atom. The number of methoxy groups -OCH3 is 1. The number of rotatable bonds is 2. The third kappa shape index (κ3) is 2.56. The maximum absolute atomic E-state index is 11.6. The summed E-state index contributed by atoms with van der Waals surface area (Å²) in [6.07, 6.45) is 0. The van der Waals surface area contributed by atoms with Gasteiger partial charge in [0.2, 0.25) is 0 Å². The molecule has 88 valence electrons. The Morgan fingerprint density at radius 1 is 1.47 bits per heavy atom. The summed E-state index contributed by atoms with van der Waals surface area (Å²) < 4.78 is 5.70. The van der Waals surface area contributed by atoms with E-state index in [2.05, 4.69) is 20.9 Å². The largest absolute Gasteiger partial charge is 0.464 e. The Balaban J connectivity index is 2.55. The molecule has 2 aromatic rings. The second-order valence-electron chi connectivity index (χ2n) is 3.41. The number of halogens is 1. The van der Waals surface area contributed by atoms with Gasteiger partial charge in [-0.2, -0.15) is 0 Å². The van der Waals surface area contributed by atoms with Crippen LogP contribution in [-0.2, 0) is 4.74 Å². The smallest absolute Gasteiger partial charge is 0.358 e. The van der Waals surface area contributed by atoms with Crippen LogP contribution in [0.2, 0.25) is 0 Å². The normalized spacial score (nSPS) is 10.3. The van der Waals surface area contributed by atoms with Crippen molar-refractivity contribution in [3.8, 4) is 10.4 Å². The third-order valence-electron chi connectivity index (χ3n) is 2.20. The van der Waals surface area contributed by atoms with Gasteiger partial charge in [0.05, 0.1) is 17.0 Å². The summed E-state index contributed by atoms with van der Waals surface area (Å²) in [5, 5.41) is 0.848. The number of ether oxygens (including phenoxy) is 1. The van der Waals surface area contributed by atoms with Crippen LogP contribution in [0.25, 0.3) is 10.4 Å².